The van der Waals surface area contributed by atoms with Crippen LogP contribution in [0.4, 0.5) is 17.1 Å². The van der Waals surface area contributed by atoms with E-state index in [1.807, 2.05) is 6.07 Å². The van der Waals surface area contributed by atoms with Crippen LogP contribution in [0.3, 0.4) is 0 Å². The molecule has 0 saturated heterocycles. The summed E-state index contributed by atoms with van der Waals surface area (Å²) in [5.41, 5.74) is 9.81. The second-order valence-electron chi connectivity index (χ2n) is 14.1. The number of fused-ring (bicyclic) bond motifs is 3. The number of benzene rings is 4. The van der Waals surface area contributed by atoms with Crippen molar-refractivity contribution >= 4 is 17.1 Å². The average molecular weight is 639 g/mol. The van der Waals surface area contributed by atoms with E-state index in [-0.39, 0.29) is 5.41 Å². The Kier molecular flexibility index (Phi) is 13.8. The van der Waals surface area contributed by atoms with Gasteiger partial charge in [-0.25, -0.2) is 0 Å². The average Bonchev–Trinajstić information content (AvgIpc) is 3.39. The molecule has 2 nitrogen and oxygen atoms in total. The van der Waals surface area contributed by atoms with Gasteiger partial charge in [0.2, 0.25) is 0 Å². The SMILES string of the molecule is CCCCCCCCCCC1(CCCCCCCCCC)c2cc(C#N)ccc2-c2ccc(N(c3ccccc3)c3ccccc3)cc21. The molecule has 1 aliphatic rings. The van der Waals surface area contributed by atoms with Gasteiger partial charge >= 0.3 is 0 Å². The van der Waals surface area contributed by atoms with Gasteiger partial charge in [-0.1, -0.05) is 165 Å². The van der Waals surface area contributed by atoms with Gasteiger partial charge < -0.3 is 4.90 Å². The van der Waals surface area contributed by atoms with Crippen LogP contribution in [0.25, 0.3) is 11.1 Å². The molecule has 0 aromatic heterocycles. The Balaban J connectivity index is 1.50. The highest BCUT2D eigenvalue weighted by Crippen LogP contribution is 2.56. The van der Waals surface area contributed by atoms with Crippen LogP contribution < -0.4 is 4.90 Å². The maximum atomic E-state index is 10.0. The first-order chi connectivity index (χ1) is 23.7. The molecule has 4 aromatic rings. The molecule has 0 atom stereocenters. The highest BCUT2D eigenvalue weighted by molar-refractivity contribution is 5.86. The van der Waals surface area contributed by atoms with E-state index >= 15 is 0 Å². The molecule has 0 amide bonds. The minimum atomic E-state index is -0.0724. The van der Waals surface area contributed by atoms with Crippen molar-refractivity contribution in [2.45, 2.75) is 135 Å². The Labute approximate surface area is 292 Å². The van der Waals surface area contributed by atoms with Crippen LogP contribution in [-0.2, 0) is 5.41 Å². The summed E-state index contributed by atoms with van der Waals surface area (Å²) in [5.74, 6) is 0. The standard InChI is InChI=1S/C46H58N2/c1-3-5-7-9-11-13-15-23-33-46(34-24-16-14-12-10-8-6-4-2)44-35-38(37-47)29-31-42(44)43-32-30-41(36-45(43)46)48(39-25-19-17-20-26-39)40-27-21-18-22-28-40/h17-22,25-32,35-36H,3-16,23-24,33-34H2,1-2H3. The third kappa shape index (κ3) is 8.79. The molecule has 0 radical (unpaired) electrons. The van der Waals surface area contributed by atoms with Gasteiger partial charge in [0.25, 0.3) is 0 Å². The fraction of sp³-hybridized carbons (Fsp3) is 0.457. The Bertz CT molecular complexity index is 1510. The van der Waals surface area contributed by atoms with Gasteiger partial charge in [-0.15, -0.1) is 0 Å². The van der Waals surface area contributed by atoms with E-state index in [2.05, 4.69) is 116 Å². The number of unbranched alkanes of at least 4 members (excludes halogenated alkanes) is 14. The zero-order valence-corrected chi connectivity index (χ0v) is 29.9. The minimum Gasteiger partial charge on any atom is -0.310 e. The van der Waals surface area contributed by atoms with Crippen LogP contribution in [0.1, 0.15) is 146 Å². The van der Waals surface area contributed by atoms with Crippen molar-refractivity contribution in [2.24, 2.45) is 0 Å². The molecule has 0 saturated carbocycles. The van der Waals surface area contributed by atoms with E-state index in [4.69, 9.17) is 0 Å². The Morgan fingerprint density at radius 3 is 1.40 bits per heavy atom. The first-order valence-corrected chi connectivity index (χ1v) is 19.3. The Morgan fingerprint density at radius 1 is 0.479 bits per heavy atom. The summed E-state index contributed by atoms with van der Waals surface area (Å²) in [6.45, 7) is 4.59. The number of anilines is 3. The second kappa shape index (κ2) is 18.6. The highest BCUT2D eigenvalue weighted by atomic mass is 15.1. The first kappa shape index (κ1) is 35.5. The fourth-order valence-electron chi connectivity index (χ4n) is 8.08. The van der Waals surface area contributed by atoms with Gasteiger partial charge in [-0.05, 0) is 83.6 Å². The summed E-state index contributed by atoms with van der Waals surface area (Å²) >= 11 is 0. The molecule has 0 unspecified atom stereocenters. The van der Waals surface area contributed by atoms with Crippen LogP contribution in [0.5, 0.6) is 0 Å². The molecule has 1 aliphatic carbocycles. The third-order valence-electron chi connectivity index (χ3n) is 10.7. The second-order valence-corrected chi connectivity index (χ2v) is 14.1. The first-order valence-electron chi connectivity index (χ1n) is 19.3. The predicted molar refractivity (Wildman–Crippen MR) is 207 cm³/mol. The number of nitrogens with zero attached hydrogens (tertiary/aromatic N) is 2. The quantitative estimate of drug-likeness (QED) is 0.0849. The monoisotopic (exact) mass is 638 g/mol. The number of rotatable bonds is 21. The van der Waals surface area contributed by atoms with Crippen molar-refractivity contribution in [1.82, 2.24) is 0 Å². The summed E-state index contributed by atoms with van der Waals surface area (Å²) in [6, 6.07) is 37.8. The molecule has 0 bridgehead atoms. The van der Waals surface area contributed by atoms with Gasteiger partial charge in [-0.3, -0.25) is 0 Å². The van der Waals surface area contributed by atoms with Crippen LogP contribution in [0, 0.1) is 11.3 Å². The van der Waals surface area contributed by atoms with Crippen molar-refractivity contribution in [3.63, 3.8) is 0 Å². The normalized spacial score (nSPS) is 12.8. The zero-order chi connectivity index (χ0) is 33.4. The maximum Gasteiger partial charge on any atom is 0.0991 e. The number of hydrogen-bond acceptors (Lipinski definition) is 2. The van der Waals surface area contributed by atoms with Gasteiger partial charge in [0, 0.05) is 22.5 Å². The summed E-state index contributed by atoms with van der Waals surface area (Å²) in [7, 11) is 0. The molecule has 5 rings (SSSR count). The lowest BCUT2D eigenvalue weighted by Crippen LogP contribution is -2.26. The third-order valence-corrected chi connectivity index (χ3v) is 10.7. The zero-order valence-electron chi connectivity index (χ0n) is 29.9. The van der Waals surface area contributed by atoms with E-state index in [0.29, 0.717) is 0 Å². The lowest BCUT2D eigenvalue weighted by Gasteiger charge is -2.34. The van der Waals surface area contributed by atoms with Gasteiger partial charge in [0.1, 0.15) is 0 Å². The van der Waals surface area contributed by atoms with Crippen LogP contribution in [0.2, 0.25) is 0 Å². The van der Waals surface area contributed by atoms with Gasteiger partial charge in [0.05, 0.1) is 11.6 Å². The van der Waals surface area contributed by atoms with Crippen molar-refractivity contribution in [3.8, 4) is 17.2 Å². The molecular weight excluding hydrogens is 581 g/mol. The van der Waals surface area contributed by atoms with Crippen molar-refractivity contribution in [2.75, 3.05) is 4.90 Å². The Morgan fingerprint density at radius 2 is 0.917 bits per heavy atom. The minimum absolute atomic E-state index is 0.0724. The molecule has 2 heteroatoms. The van der Waals surface area contributed by atoms with Crippen LogP contribution >= 0.6 is 0 Å². The van der Waals surface area contributed by atoms with Crippen LogP contribution in [-0.4, -0.2) is 0 Å². The van der Waals surface area contributed by atoms with Crippen molar-refractivity contribution in [3.05, 3.63) is 114 Å². The summed E-state index contributed by atoms with van der Waals surface area (Å²) in [5, 5.41) is 10.0. The highest BCUT2D eigenvalue weighted by Gasteiger charge is 2.43. The molecule has 252 valence electrons. The van der Waals surface area contributed by atoms with E-state index in [0.717, 1.165) is 18.4 Å². The van der Waals surface area contributed by atoms with Crippen LogP contribution in [0.15, 0.2) is 97.1 Å². The topological polar surface area (TPSA) is 27.0 Å². The summed E-state index contributed by atoms with van der Waals surface area (Å²) in [6.07, 6.45) is 23.5. The summed E-state index contributed by atoms with van der Waals surface area (Å²) < 4.78 is 0. The van der Waals surface area contributed by atoms with E-state index in [9.17, 15) is 5.26 Å². The lowest BCUT2D eigenvalue weighted by atomic mass is 9.70. The smallest absolute Gasteiger partial charge is 0.0991 e. The Hall–Kier alpha value is -3.83. The van der Waals surface area contributed by atoms with Crippen molar-refractivity contribution in [1.29, 1.82) is 5.26 Å². The summed E-state index contributed by atoms with van der Waals surface area (Å²) in [4.78, 5) is 2.40. The molecule has 0 aliphatic heterocycles. The lowest BCUT2D eigenvalue weighted by molar-refractivity contribution is 0.397. The molecule has 48 heavy (non-hydrogen) atoms. The van der Waals surface area contributed by atoms with Crippen molar-refractivity contribution < 1.29 is 0 Å². The maximum absolute atomic E-state index is 10.0. The number of para-hydroxylation sites is 2. The largest absolute Gasteiger partial charge is 0.310 e. The van der Waals surface area contributed by atoms with E-state index in [1.165, 1.54) is 142 Å². The van der Waals surface area contributed by atoms with Gasteiger partial charge in [-0.2, -0.15) is 5.26 Å². The van der Waals surface area contributed by atoms with E-state index < -0.39 is 0 Å². The predicted octanol–water partition coefficient (Wildman–Crippen LogP) is 14.4. The molecule has 0 heterocycles. The molecule has 0 spiro atoms. The molecular formula is C46H58N2. The van der Waals surface area contributed by atoms with E-state index in [1.54, 1.807) is 0 Å². The number of hydrogen-bond donors (Lipinski definition) is 0. The molecule has 0 fully saturated rings. The molecule has 0 N–H and O–H groups in total. The number of nitriles is 1. The van der Waals surface area contributed by atoms with Gasteiger partial charge in [0.15, 0.2) is 0 Å². The fourth-order valence-corrected chi connectivity index (χ4v) is 8.08. The molecule has 4 aromatic carbocycles.